The first kappa shape index (κ1) is 20.0. The Labute approximate surface area is 179 Å². The number of aromatic nitrogens is 1. The smallest absolute Gasteiger partial charge is 0.338 e. The molecule has 0 bridgehead atoms. The SMILES string of the molecule is CCOC(=O)c1cccc(OCC2CCN(c3nc4ccc(Cl)cc4s3)CC2)c1. The molecular formula is C22H23ClN2O3S. The molecule has 1 saturated heterocycles. The number of thiazole rings is 1. The number of carbonyl (C=O) groups is 1. The van der Waals surface area contributed by atoms with E-state index in [0.717, 1.165) is 46.3 Å². The standard InChI is InChI=1S/C22H23ClN2O3S/c1-2-27-21(26)16-4-3-5-18(12-16)28-14-15-8-10-25(11-9-15)22-24-19-7-6-17(23)13-20(19)29-22/h3-7,12-13,15H,2,8-11,14H2,1H3. The van der Waals surface area contributed by atoms with Gasteiger partial charge < -0.3 is 14.4 Å². The zero-order valence-electron chi connectivity index (χ0n) is 16.3. The zero-order chi connectivity index (χ0) is 20.2. The molecule has 0 amide bonds. The molecule has 4 rings (SSSR count). The fraction of sp³-hybridized carbons (Fsp3) is 0.364. The number of benzene rings is 2. The van der Waals surface area contributed by atoms with Gasteiger partial charge in [0.1, 0.15) is 5.75 Å². The van der Waals surface area contributed by atoms with Crippen molar-refractivity contribution in [1.29, 1.82) is 0 Å². The Bertz CT molecular complexity index is 999. The monoisotopic (exact) mass is 430 g/mol. The summed E-state index contributed by atoms with van der Waals surface area (Å²) in [4.78, 5) is 19.0. The van der Waals surface area contributed by atoms with Crippen molar-refractivity contribution >= 4 is 44.3 Å². The molecule has 1 fully saturated rings. The lowest BCUT2D eigenvalue weighted by molar-refractivity contribution is 0.0525. The summed E-state index contributed by atoms with van der Waals surface area (Å²) >= 11 is 7.78. The van der Waals surface area contributed by atoms with E-state index in [1.807, 2.05) is 30.3 Å². The van der Waals surface area contributed by atoms with Gasteiger partial charge in [0, 0.05) is 18.1 Å². The number of hydrogen-bond acceptors (Lipinski definition) is 6. The number of esters is 1. The Hall–Kier alpha value is -2.31. The normalized spacial score (nSPS) is 14.9. The van der Waals surface area contributed by atoms with E-state index in [2.05, 4.69) is 4.90 Å². The minimum absolute atomic E-state index is 0.316. The zero-order valence-corrected chi connectivity index (χ0v) is 17.8. The molecule has 1 aliphatic rings. The lowest BCUT2D eigenvalue weighted by atomic mass is 9.98. The molecule has 2 aromatic carbocycles. The summed E-state index contributed by atoms with van der Waals surface area (Å²) in [5.41, 5.74) is 1.52. The predicted molar refractivity (Wildman–Crippen MR) is 117 cm³/mol. The molecule has 5 nitrogen and oxygen atoms in total. The largest absolute Gasteiger partial charge is 0.493 e. The molecule has 0 unspecified atom stereocenters. The molecule has 7 heteroatoms. The quantitative estimate of drug-likeness (QED) is 0.488. The van der Waals surface area contributed by atoms with E-state index in [1.165, 1.54) is 0 Å². The highest BCUT2D eigenvalue weighted by Gasteiger charge is 2.22. The summed E-state index contributed by atoms with van der Waals surface area (Å²) in [6, 6.07) is 13.0. The summed E-state index contributed by atoms with van der Waals surface area (Å²) in [6.45, 7) is 4.74. The molecule has 1 aromatic heterocycles. The lowest BCUT2D eigenvalue weighted by Crippen LogP contribution is -2.35. The van der Waals surface area contributed by atoms with Crippen LogP contribution in [0.4, 0.5) is 5.13 Å². The van der Waals surface area contributed by atoms with Crippen LogP contribution in [0.3, 0.4) is 0 Å². The Morgan fingerprint density at radius 2 is 2.07 bits per heavy atom. The van der Waals surface area contributed by atoms with E-state index in [0.29, 0.717) is 30.4 Å². The van der Waals surface area contributed by atoms with Crippen LogP contribution in [0.2, 0.25) is 5.02 Å². The molecular weight excluding hydrogens is 408 g/mol. The number of fused-ring (bicyclic) bond motifs is 1. The van der Waals surface area contributed by atoms with Gasteiger partial charge in [-0.1, -0.05) is 29.0 Å². The van der Waals surface area contributed by atoms with E-state index >= 15 is 0 Å². The first-order chi connectivity index (χ1) is 14.1. The predicted octanol–water partition coefficient (Wildman–Crippen LogP) is 5.42. The van der Waals surface area contributed by atoms with Gasteiger partial charge in [-0.15, -0.1) is 0 Å². The van der Waals surface area contributed by atoms with E-state index in [9.17, 15) is 4.79 Å². The Morgan fingerprint density at radius 3 is 2.86 bits per heavy atom. The van der Waals surface area contributed by atoms with Crippen molar-refractivity contribution in [3.63, 3.8) is 0 Å². The van der Waals surface area contributed by atoms with E-state index < -0.39 is 0 Å². The van der Waals surface area contributed by atoms with Gasteiger partial charge >= 0.3 is 5.97 Å². The van der Waals surface area contributed by atoms with Gasteiger partial charge in [-0.05, 0) is 62.1 Å². The van der Waals surface area contributed by atoms with Crippen LogP contribution >= 0.6 is 22.9 Å². The van der Waals surface area contributed by atoms with Crippen molar-refractivity contribution < 1.29 is 14.3 Å². The van der Waals surface area contributed by atoms with Crippen LogP contribution in [-0.4, -0.2) is 37.3 Å². The van der Waals surface area contributed by atoms with Crippen molar-refractivity contribution in [3.8, 4) is 5.75 Å². The van der Waals surface area contributed by atoms with Crippen molar-refractivity contribution in [1.82, 2.24) is 4.98 Å². The number of hydrogen-bond donors (Lipinski definition) is 0. The summed E-state index contributed by atoms with van der Waals surface area (Å²) < 4.78 is 12.1. The molecule has 1 aliphatic heterocycles. The highest BCUT2D eigenvalue weighted by molar-refractivity contribution is 7.22. The third-order valence-electron chi connectivity index (χ3n) is 5.06. The van der Waals surface area contributed by atoms with Crippen LogP contribution in [0.1, 0.15) is 30.1 Å². The lowest BCUT2D eigenvalue weighted by Gasteiger charge is -2.31. The maximum atomic E-state index is 11.9. The number of rotatable bonds is 6. The third-order valence-corrected chi connectivity index (χ3v) is 6.37. The van der Waals surface area contributed by atoms with Gasteiger partial charge in [0.15, 0.2) is 5.13 Å². The molecule has 0 N–H and O–H groups in total. The number of piperidine rings is 1. The van der Waals surface area contributed by atoms with Crippen LogP contribution < -0.4 is 9.64 Å². The van der Waals surface area contributed by atoms with Crippen molar-refractivity contribution in [3.05, 3.63) is 53.1 Å². The van der Waals surface area contributed by atoms with Gasteiger partial charge in [-0.2, -0.15) is 0 Å². The Balaban J connectivity index is 1.31. The molecule has 0 spiro atoms. The summed E-state index contributed by atoms with van der Waals surface area (Å²) in [5, 5.41) is 1.80. The average molecular weight is 431 g/mol. The minimum atomic E-state index is -0.316. The van der Waals surface area contributed by atoms with Crippen LogP contribution in [0.15, 0.2) is 42.5 Å². The second-order valence-corrected chi connectivity index (χ2v) is 8.54. The van der Waals surface area contributed by atoms with Gasteiger partial charge in [0.2, 0.25) is 0 Å². The highest BCUT2D eigenvalue weighted by atomic mass is 35.5. The molecule has 0 saturated carbocycles. The topological polar surface area (TPSA) is 51.7 Å². The number of carbonyl (C=O) groups excluding carboxylic acids is 1. The minimum Gasteiger partial charge on any atom is -0.493 e. The highest BCUT2D eigenvalue weighted by Crippen LogP contribution is 2.33. The first-order valence-electron chi connectivity index (χ1n) is 9.83. The molecule has 2 heterocycles. The molecule has 152 valence electrons. The fourth-order valence-electron chi connectivity index (χ4n) is 3.45. The van der Waals surface area contributed by atoms with Crippen LogP contribution in [0.25, 0.3) is 10.2 Å². The number of anilines is 1. The summed E-state index contributed by atoms with van der Waals surface area (Å²) in [6.07, 6.45) is 2.10. The van der Waals surface area contributed by atoms with Gasteiger partial charge in [0.25, 0.3) is 0 Å². The van der Waals surface area contributed by atoms with Gasteiger partial charge in [0.05, 0.1) is 29.0 Å². The van der Waals surface area contributed by atoms with E-state index in [4.69, 9.17) is 26.1 Å². The average Bonchev–Trinajstić information content (AvgIpc) is 3.16. The van der Waals surface area contributed by atoms with Crippen molar-refractivity contribution in [2.75, 3.05) is 31.2 Å². The maximum Gasteiger partial charge on any atom is 0.338 e. The second kappa shape index (κ2) is 9.01. The van der Waals surface area contributed by atoms with Gasteiger partial charge in [-0.3, -0.25) is 0 Å². The number of halogens is 1. The number of ether oxygens (including phenoxy) is 2. The van der Waals surface area contributed by atoms with E-state index in [-0.39, 0.29) is 5.97 Å². The fourth-order valence-corrected chi connectivity index (χ4v) is 4.75. The molecule has 3 aromatic rings. The third kappa shape index (κ3) is 4.82. The Kier molecular flexibility index (Phi) is 6.21. The molecule has 29 heavy (non-hydrogen) atoms. The van der Waals surface area contributed by atoms with Crippen molar-refractivity contribution in [2.45, 2.75) is 19.8 Å². The van der Waals surface area contributed by atoms with E-state index in [1.54, 1.807) is 30.4 Å². The van der Waals surface area contributed by atoms with Crippen LogP contribution in [0, 0.1) is 5.92 Å². The Morgan fingerprint density at radius 1 is 1.24 bits per heavy atom. The molecule has 0 aliphatic carbocycles. The van der Waals surface area contributed by atoms with Crippen molar-refractivity contribution in [2.24, 2.45) is 5.92 Å². The van der Waals surface area contributed by atoms with Crippen LogP contribution in [0.5, 0.6) is 5.75 Å². The number of nitrogens with zero attached hydrogens (tertiary/aromatic N) is 2. The summed E-state index contributed by atoms with van der Waals surface area (Å²) in [5.74, 6) is 0.880. The molecule has 0 radical (unpaired) electrons. The first-order valence-corrected chi connectivity index (χ1v) is 11.0. The maximum absolute atomic E-state index is 11.9. The summed E-state index contributed by atoms with van der Waals surface area (Å²) in [7, 11) is 0. The second-order valence-electron chi connectivity index (χ2n) is 7.10. The van der Waals surface area contributed by atoms with Crippen LogP contribution in [-0.2, 0) is 4.74 Å². The van der Waals surface area contributed by atoms with Gasteiger partial charge in [-0.25, -0.2) is 9.78 Å². The molecule has 0 atom stereocenters.